The van der Waals surface area contributed by atoms with E-state index in [4.69, 9.17) is 33.4 Å². The summed E-state index contributed by atoms with van der Waals surface area (Å²) in [6.45, 7) is 11.4. The maximum Gasteiger partial charge on any atom is 0.166 e. The van der Waals surface area contributed by atoms with Crippen molar-refractivity contribution in [2.75, 3.05) is 6.61 Å². The lowest BCUT2D eigenvalue weighted by Gasteiger charge is -2.13. The zero-order chi connectivity index (χ0) is 32.4. The van der Waals surface area contributed by atoms with Gasteiger partial charge in [0.05, 0.1) is 21.5 Å². The van der Waals surface area contributed by atoms with E-state index in [2.05, 4.69) is 28.5 Å². The Kier molecular flexibility index (Phi) is 12.4. The van der Waals surface area contributed by atoms with Gasteiger partial charge in [-0.2, -0.15) is 5.10 Å². The van der Waals surface area contributed by atoms with Gasteiger partial charge in [0.15, 0.2) is 5.84 Å². The van der Waals surface area contributed by atoms with E-state index in [1.54, 1.807) is 38.3 Å². The second-order valence-corrected chi connectivity index (χ2v) is 12.1. The number of aliphatic hydroxyl groups excluding tert-OH is 1. The molecule has 0 saturated heterocycles. The van der Waals surface area contributed by atoms with Gasteiger partial charge in [-0.1, -0.05) is 55.8 Å². The molecule has 10 heteroatoms. The average Bonchev–Trinajstić information content (AvgIpc) is 3.43. The summed E-state index contributed by atoms with van der Waals surface area (Å²) in [4.78, 5) is 9.58. The number of hydrazone groups is 1. The Labute approximate surface area is 268 Å². The molecule has 0 atom stereocenters. The SMILES string of the molecule is CC.CC(C)(C)O.Cc1cc2nc(-c3ccnc(-c4cccc(/C(=N/N)NN)c4)c3)sc2c(-c2ccc(Cl)cc2)c1CCO. The molecule has 8 nitrogen and oxygen atoms in total. The fourth-order valence-corrected chi connectivity index (χ4v) is 5.72. The summed E-state index contributed by atoms with van der Waals surface area (Å²) >= 11 is 7.79. The van der Waals surface area contributed by atoms with E-state index in [0.717, 1.165) is 59.9 Å². The summed E-state index contributed by atoms with van der Waals surface area (Å²) in [7, 11) is 0. The molecular weight excluding hydrogens is 592 g/mol. The third kappa shape index (κ3) is 8.84. The molecule has 0 aliphatic carbocycles. The van der Waals surface area contributed by atoms with Gasteiger partial charge in [0.25, 0.3) is 0 Å². The van der Waals surface area contributed by atoms with Crippen molar-refractivity contribution in [2.24, 2.45) is 16.8 Å². The number of hydrazine groups is 1. The Morgan fingerprint density at radius 3 is 2.30 bits per heavy atom. The second-order valence-electron chi connectivity index (χ2n) is 10.7. The lowest BCUT2D eigenvalue weighted by Crippen LogP contribution is -2.32. The molecule has 0 saturated carbocycles. The van der Waals surface area contributed by atoms with Crippen LogP contribution in [-0.4, -0.2) is 38.2 Å². The van der Waals surface area contributed by atoms with E-state index < -0.39 is 5.60 Å². The standard InChI is InChI=1S/C28H25ClN6OS.C4H10O.C2H6/c1-16-13-24-26(25(22(16)10-12-36)17-5-7-21(29)8-6-17)37-28(33-24)20-9-11-32-23(15-20)18-3-2-4-19(14-18)27(34-30)35-31;1-4(2,3)5;1-2/h2-9,11,13-15,36H,10,12,30-31H2,1H3,(H,34,35);5H,1-3H3;1-2H3. The van der Waals surface area contributed by atoms with Crippen molar-refractivity contribution in [1.29, 1.82) is 0 Å². The van der Waals surface area contributed by atoms with Crippen molar-refractivity contribution in [1.82, 2.24) is 15.4 Å². The van der Waals surface area contributed by atoms with Crippen molar-refractivity contribution in [2.45, 2.75) is 53.6 Å². The van der Waals surface area contributed by atoms with Crippen molar-refractivity contribution in [3.8, 4) is 33.0 Å². The number of nitrogens with two attached hydrogens (primary N) is 2. The number of thiazole rings is 1. The Hall–Kier alpha value is -3.86. The molecule has 2 heterocycles. The van der Waals surface area contributed by atoms with Gasteiger partial charge >= 0.3 is 0 Å². The number of nitrogens with zero attached hydrogens (tertiary/aromatic N) is 3. The maximum atomic E-state index is 9.77. The van der Waals surface area contributed by atoms with Gasteiger partial charge in [0.1, 0.15) is 5.01 Å². The number of rotatable bonds is 6. The number of benzene rings is 3. The maximum absolute atomic E-state index is 9.77. The Morgan fingerprint density at radius 2 is 1.68 bits per heavy atom. The predicted molar refractivity (Wildman–Crippen MR) is 186 cm³/mol. The van der Waals surface area contributed by atoms with Crippen molar-refractivity contribution in [3.63, 3.8) is 0 Å². The highest BCUT2D eigenvalue weighted by Gasteiger charge is 2.18. The van der Waals surface area contributed by atoms with Crippen LogP contribution < -0.4 is 17.1 Å². The number of aliphatic hydroxyl groups is 2. The first-order valence-electron chi connectivity index (χ1n) is 14.4. The fourth-order valence-electron chi connectivity index (χ4n) is 4.46. The van der Waals surface area contributed by atoms with Crippen LogP contribution in [0.5, 0.6) is 0 Å². The first kappa shape index (κ1) is 34.6. The zero-order valence-corrected chi connectivity index (χ0v) is 27.6. The number of aromatic nitrogens is 2. The number of halogens is 1. The van der Waals surface area contributed by atoms with Crippen LogP contribution in [0, 0.1) is 6.92 Å². The molecule has 0 fully saturated rings. The largest absolute Gasteiger partial charge is 0.396 e. The van der Waals surface area contributed by atoms with Crippen LogP contribution in [0.25, 0.3) is 43.2 Å². The minimum Gasteiger partial charge on any atom is -0.396 e. The summed E-state index contributed by atoms with van der Waals surface area (Å²) in [5, 5.41) is 23.6. The highest BCUT2D eigenvalue weighted by atomic mass is 35.5. The smallest absolute Gasteiger partial charge is 0.166 e. The molecule has 2 aromatic heterocycles. The van der Waals surface area contributed by atoms with E-state index in [0.29, 0.717) is 17.3 Å². The Balaban J connectivity index is 0.000000688. The van der Waals surface area contributed by atoms with Gasteiger partial charge in [0.2, 0.25) is 0 Å². The molecule has 0 aliphatic rings. The minimum absolute atomic E-state index is 0.0711. The van der Waals surface area contributed by atoms with Crippen LogP contribution in [0.15, 0.2) is 78.0 Å². The van der Waals surface area contributed by atoms with Gasteiger partial charge in [-0.15, -0.1) is 11.3 Å². The number of fused-ring (bicyclic) bond motifs is 1. The molecule has 7 N–H and O–H groups in total. The lowest BCUT2D eigenvalue weighted by molar-refractivity contribution is 0.102. The first-order valence-corrected chi connectivity index (χ1v) is 15.6. The predicted octanol–water partition coefficient (Wildman–Crippen LogP) is 7.08. The molecular formula is C34H41ClN6O2S. The van der Waals surface area contributed by atoms with E-state index >= 15 is 0 Å². The molecule has 0 amide bonds. The first-order chi connectivity index (χ1) is 21.0. The topological polar surface area (TPSA) is 143 Å². The monoisotopic (exact) mass is 632 g/mol. The van der Waals surface area contributed by atoms with Gasteiger partial charge < -0.3 is 21.5 Å². The van der Waals surface area contributed by atoms with E-state index in [9.17, 15) is 5.11 Å². The normalized spacial score (nSPS) is 11.4. The average molecular weight is 633 g/mol. The number of hydrogen-bond acceptors (Lipinski definition) is 8. The van der Waals surface area contributed by atoms with E-state index in [1.807, 2.05) is 74.5 Å². The third-order valence-electron chi connectivity index (χ3n) is 6.21. The Morgan fingerprint density at radius 1 is 1.00 bits per heavy atom. The van der Waals surface area contributed by atoms with Crippen molar-refractivity contribution < 1.29 is 10.2 Å². The summed E-state index contributed by atoms with van der Waals surface area (Å²) < 4.78 is 1.07. The van der Waals surface area contributed by atoms with Gasteiger partial charge in [0, 0.05) is 40.1 Å². The summed E-state index contributed by atoms with van der Waals surface area (Å²) in [6.07, 6.45) is 2.35. The molecule has 0 spiro atoms. The molecule has 0 aliphatic heterocycles. The highest BCUT2D eigenvalue weighted by molar-refractivity contribution is 7.22. The molecule has 44 heavy (non-hydrogen) atoms. The number of nitrogens with one attached hydrogen (secondary N) is 1. The number of amidine groups is 1. The number of hydrogen-bond donors (Lipinski definition) is 5. The molecule has 0 radical (unpaired) electrons. The summed E-state index contributed by atoms with van der Waals surface area (Å²) in [5.74, 6) is 11.4. The van der Waals surface area contributed by atoms with Crippen LogP contribution >= 0.6 is 22.9 Å². The van der Waals surface area contributed by atoms with Crippen LogP contribution in [-0.2, 0) is 6.42 Å². The highest BCUT2D eigenvalue weighted by Crippen LogP contribution is 2.41. The van der Waals surface area contributed by atoms with Gasteiger partial charge in [-0.05, 0) is 87.2 Å². The fraction of sp³-hybridized carbons (Fsp3) is 0.265. The number of pyridine rings is 1. The summed E-state index contributed by atoms with van der Waals surface area (Å²) in [5.41, 5.74) is 10.7. The molecule has 5 rings (SSSR count). The molecule has 0 unspecified atom stereocenters. The Bertz CT molecular complexity index is 1710. The zero-order valence-electron chi connectivity index (χ0n) is 26.0. The van der Waals surface area contributed by atoms with Gasteiger partial charge in [-0.25, -0.2) is 10.8 Å². The van der Waals surface area contributed by atoms with Gasteiger partial charge in [-0.3, -0.25) is 4.98 Å². The van der Waals surface area contributed by atoms with Crippen molar-refractivity contribution in [3.05, 3.63) is 94.6 Å². The second kappa shape index (κ2) is 15.7. The van der Waals surface area contributed by atoms with E-state index in [-0.39, 0.29) is 6.61 Å². The summed E-state index contributed by atoms with van der Waals surface area (Å²) in [6, 6.07) is 21.6. The van der Waals surface area contributed by atoms with Crippen LogP contribution in [0.4, 0.5) is 0 Å². The van der Waals surface area contributed by atoms with Crippen molar-refractivity contribution >= 4 is 39.0 Å². The molecule has 5 aromatic rings. The molecule has 0 bridgehead atoms. The molecule has 232 valence electrons. The van der Waals surface area contributed by atoms with Crippen LogP contribution in [0.2, 0.25) is 5.02 Å². The quantitative estimate of drug-likeness (QED) is 0.0583. The molecule has 3 aromatic carbocycles. The van der Waals surface area contributed by atoms with Crippen LogP contribution in [0.1, 0.15) is 51.3 Å². The third-order valence-corrected chi connectivity index (χ3v) is 7.60. The minimum atomic E-state index is -0.500. The lowest BCUT2D eigenvalue weighted by atomic mass is 9.93. The number of aryl methyl sites for hydroxylation is 1. The van der Waals surface area contributed by atoms with Crippen LogP contribution in [0.3, 0.4) is 0 Å². The van der Waals surface area contributed by atoms with E-state index in [1.165, 1.54) is 0 Å².